The average Bonchev–Trinajstić information content (AvgIpc) is 2.45. The van der Waals surface area contributed by atoms with Gasteiger partial charge in [0.1, 0.15) is 12.4 Å². The smallest absolute Gasteiger partial charge is 0.123 e. The highest BCUT2D eigenvalue weighted by Gasteiger charge is 2.07. The van der Waals surface area contributed by atoms with Crippen molar-refractivity contribution >= 4 is 10.8 Å². The second-order valence-corrected chi connectivity index (χ2v) is 4.35. The highest BCUT2D eigenvalue weighted by Crippen LogP contribution is 2.28. The quantitative estimate of drug-likeness (QED) is 0.778. The minimum absolute atomic E-state index is 0.573. The van der Waals surface area contributed by atoms with Crippen molar-refractivity contribution in [2.45, 2.75) is 13.3 Å². The maximum absolute atomic E-state index is 5.82. The number of rotatable bonds is 7. The van der Waals surface area contributed by atoms with Crippen LogP contribution in [-0.2, 0) is 11.2 Å². The zero-order valence-electron chi connectivity index (χ0n) is 11.4. The predicted molar refractivity (Wildman–Crippen MR) is 78.7 cm³/mol. The Morgan fingerprint density at radius 1 is 1.05 bits per heavy atom. The first-order chi connectivity index (χ1) is 9.36. The highest BCUT2D eigenvalue weighted by molar-refractivity contribution is 5.87. The van der Waals surface area contributed by atoms with Crippen molar-refractivity contribution in [3.8, 4) is 5.75 Å². The van der Waals surface area contributed by atoms with Crippen molar-refractivity contribution < 1.29 is 9.47 Å². The van der Waals surface area contributed by atoms with Crippen molar-refractivity contribution in [2.75, 3.05) is 26.4 Å². The molecule has 102 valence electrons. The summed E-state index contributed by atoms with van der Waals surface area (Å²) in [4.78, 5) is 0. The van der Waals surface area contributed by atoms with E-state index in [1.165, 1.54) is 16.3 Å². The van der Waals surface area contributed by atoms with Gasteiger partial charge in [0.15, 0.2) is 0 Å². The van der Waals surface area contributed by atoms with Crippen LogP contribution in [0.1, 0.15) is 12.5 Å². The van der Waals surface area contributed by atoms with E-state index in [1.807, 2.05) is 25.1 Å². The highest BCUT2D eigenvalue weighted by atomic mass is 16.5. The molecule has 2 aromatic rings. The summed E-state index contributed by atoms with van der Waals surface area (Å²) < 4.78 is 11.1. The standard InChI is InChI=1S/C16H21NO2/c1-2-18-11-12-19-16-8-7-13-5-3-4-6-14(13)15(16)9-10-17/h3-8H,2,9-12,17H2,1H3. The van der Waals surface area contributed by atoms with Gasteiger partial charge in [-0.3, -0.25) is 0 Å². The molecule has 2 aromatic carbocycles. The summed E-state index contributed by atoms with van der Waals surface area (Å²) in [6, 6.07) is 12.4. The maximum atomic E-state index is 5.82. The molecular weight excluding hydrogens is 238 g/mol. The third-order valence-electron chi connectivity index (χ3n) is 3.08. The van der Waals surface area contributed by atoms with Crippen LogP contribution >= 0.6 is 0 Å². The molecule has 0 fully saturated rings. The van der Waals surface area contributed by atoms with E-state index in [2.05, 4.69) is 18.2 Å². The van der Waals surface area contributed by atoms with Gasteiger partial charge in [-0.2, -0.15) is 0 Å². The Kier molecular flexibility index (Phi) is 5.19. The molecule has 3 nitrogen and oxygen atoms in total. The Labute approximate surface area is 114 Å². The SMILES string of the molecule is CCOCCOc1ccc2ccccc2c1CCN. The number of benzene rings is 2. The van der Waals surface area contributed by atoms with Crippen LogP contribution in [0, 0.1) is 0 Å². The zero-order valence-corrected chi connectivity index (χ0v) is 11.4. The van der Waals surface area contributed by atoms with Gasteiger partial charge in [-0.25, -0.2) is 0 Å². The molecule has 0 aliphatic carbocycles. The van der Waals surface area contributed by atoms with Gasteiger partial charge >= 0.3 is 0 Å². The molecule has 0 saturated carbocycles. The van der Waals surface area contributed by atoms with Gasteiger partial charge in [0.25, 0.3) is 0 Å². The minimum atomic E-state index is 0.573. The van der Waals surface area contributed by atoms with E-state index in [9.17, 15) is 0 Å². The lowest BCUT2D eigenvalue weighted by molar-refractivity contribution is 0.110. The monoisotopic (exact) mass is 259 g/mol. The number of hydrogen-bond acceptors (Lipinski definition) is 3. The van der Waals surface area contributed by atoms with Gasteiger partial charge in [0, 0.05) is 12.2 Å². The molecular formula is C16H21NO2. The lowest BCUT2D eigenvalue weighted by atomic mass is 10.0. The van der Waals surface area contributed by atoms with Crippen LogP contribution < -0.4 is 10.5 Å². The summed E-state index contributed by atoms with van der Waals surface area (Å²) in [6.07, 6.45) is 0.825. The summed E-state index contributed by atoms with van der Waals surface area (Å²) in [7, 11) is 0. The molecule has 0 bridgehead atoms. The van der Waals surface area contributed by atoms with Crippen molar-refractivity contribution in [3.63, 3.8) is 0 Å². The Morgan fingerprint density at radius 2 is 1.89 bits per heavy atom. The van der Waals surface area contributed by atoms with E-state index in [-0.39, 0.29) is 0 Å². The lowest BCUT2D eigenvalue weighted by Crippen LogP contribution is -2.10. The summed E-state index contributed by atoms with van der Waals surface area (Å²) >= 11 is 0. The van der Waals surface area contributed by atoms with Crippen LogP contribution in [0.2, 0.25) is 0 Å². The van der Waals surface area contributed by atoms with Gasteiger partial charge in [0.2, 0.25) is 0 Å². The van der Waals surface area contributed by atoms with Gasteiger partial charge in [0.05, 0.1) is 6.61 Å². The number of nitrogens with two attached hydrogens (primary N) is 1. The fourth-order valence-electron chi connectivity index (χ4n) is 2.21. The molecule has 0 heterocycles. The Bertz CT molecular complexity index is 525. The molecule has 3 heteroatoms. The number of fused-ring (bicyclic) bond motifs is 1. The van der Waals surface area contributed by atoms with Crippen molar-refractivity contribution in [3.05, 3.63) is 42.0 Å². The molecule has 0 aromatic heterocycles. The second kappa shape index (κ2) is 7.12. The first-order valence-corrected chi connectivity index (χ1v) is 6.78. The fourth-order valence-corrected chi connectivity index (χ4v) is 2.21. The minimum Gasteiger partial charge on any atom is -0.491 e. The van der Waals surface area contributed by atoms with Gasteiger partial charge < -0.3 is 15.2 Å². The fraction of sp³-hybridized carbons (Fsp3) is 0.375. The van der Waals surface area contributed by atoms with E-state index in [0.29, 0.717) is 19.8 Å². The van der Waals surface area contributed by atoms with Crippen LogP contribution in [-0.4, -0.2) is 26.4 Å². The van der Waals surface area contributed by atoms with E-state index < -0.39 is 0 Å². The van der Waals surface area contributed by atoms with Crippen molar-refractivity contribution in [1.29, 1.82) is 0 Å². The zero-order chi connectivity index (χ0) is 13.5. The molecule has 0 amide bonds. The molecule has 0 saturated heterocycles. The molecule has 19 heavy (non-hydrogen) atoms. The summed E-state index contributed by atoms with van der Waals surface area (Å²) in [6.45, 7) is 4.51. The van der Waals surface area contributed by atoms with Crippen molar-refractivity contribution in [1.82, 2.24) is 0 Å². The predicted octanol–water partition coefficient (Wildman–Crippen LogP) is 2.76. The van der Waals surface area contributed by atoms with E-state index in [4.69, 9.17) is 15.2 Å². The Balaban J connectivity index is 2.24. The van der Waals surface area contributed by atoms with E-state index in [1.54, 1.807) is 0 Å². The van der Waals surface area contributed by atoms with Gasteiger partial charge in [-0.15, -0.1) is 0 Å². The average molecular weight is 259 g/mol. The number of hydrogen-bond donors (Lipinski definition) is 1. The van der Waals surface area contributed by atoms with Gasteiger partial charge in [-0.05, 0) is 36.7 Å². The first kappa shape index (κ1) is 13.8. The topological polar surface area (TPSA) is 44.5 Å². The molecule has 0 radical (unpaired) electrons. The summed E-state index contributed by atoms with van der Waals surface area (Å²) in [5.74, 6) is 0.920. The summed E-state index contributed by atoms with van der Waals surface area (Å²) in [5.41, 5.74) is 6.91. The van der Waals surface area contributed by atoms with Crippen LogP contribution in [0.5, 0.6) is 5.75 Å². The normalized spacial score (nSPS) is 10.8. The second-order valence-electron chi connectivity index (χ2n) is 4.35. The summed E-state index contributed by atoms with van der Waals surface area (Å²) in [5, 5.41) is 2.45. The molecule has 2 rings (SSSR count). The molecule has 0 aliphatic rings. The van der Waals surface area contributed by atoms with Crippen molar-refractivity contribution in [2.24, 2.45) is 5.73 Å². The van der Waals surface area contributed by atoms with E-state index in [0.717, 1.165) is 18.8 Å². The maximum Gasteiger partial charge on any atom is 0.123 e. The number of ether oxygens (including phenoxy) is 2. The molecule has 0 spiro atoms. The third-order valence-corrected chi connectivity index (χ3v) is 3.08. The molecule has 0 atom stereocenters. The molecule has 0 aliphatic heterocycles. The lowest BCUT2D eigenvalue weighted by Gasteiger charge is -2.13. The van der Waals surface area contributed by atoms with Crippen LogP contribution in [0.3, 0.4) is 0 Å². The van der Waals surface area contributed by atoms with Crippen LogP contribution in [0.25, 0.3) is 10.8 Å². The van der Waals surface area contributed by atoms with Crippen LogP contribution in [0.15, 0.2) is 36.4 Å². The van der Waals surface area contributed by atoms with Crippen LogP contribution in [0.4, 0.5) is 0 Å². The van der Waals surface area contributed by atoms with Gasteiger partial charge in [-0.1, -0.05) is 30.3 Å². The molecule has 2 N–H and O–H groups in total. The molecule has 0 unspecified atom stereocenters. The Hall–Kier alpha value is -1.58. The Morgan fingerprint density at radius 3 is 2.68 bits per heavy atom. The largest absolute Gasteiger partial charge is 0.491 e. The first-order valence-electron chi connectivity index (χ1n) is 6.78. The third kappa shape index (κ3) is 3.46. The van der Waals surface area contributed by atoms with E-state index >= 15 is 0 Å².